The lowest BCUT2D eigenvalue weighted by atomic mass is 10.1. The monoisotopic (exact) mass is 469 g/mol. The van der Waals surface area contributed by atoms with Gasteiger partial charge in [0.05, 0.1) is 12.7 Å². The summed E-state index contributed by atoms with van der Waals surface area (Å²) < 4.78 is 10.3. The predicted molar refractivity (Wildman–Crippen MR) is 132 cm³/mol. The van der Waals surface area contributed by atoms with Crippen LogP contribution in [-0.4, -0.2) is 31.5 Å². The normalized spacial score (nSPS) is 10.6. The van der Waals surface area contributed by atoms with Crippen molar-refractivity contribution in [1.82, 2.24) is 0 Å². The van der Waals surface area contributed by atoms with Crippen molar-refractivity contribution < 1.29 is 23.9 Å². The number of aryl methyl sites for hydroxylation is 1. The highest BCUT2D eigenvalue weighted by Gasteiger charge is 2.13. The Morgan fingerprint density at radius 1 is 0.943 bits per heavy atom. The van der Waals surface area contributed by atoms with Crippen molar-refractivity contribution in [2.45, 2.75) is 6.92 Å². The molecule has 0 radical (unpaired) electrons. The minimum atomic E-state index is -0.634. The zero-order chi connectivity index (χ0) is 25.2. The smallest absolute Gasteiger partial charge is 0.337 e. The van der Waals surface area contributed by atoms with Gasteiger partial charge >= 0.3 is 5.97 Å². The van der Waals surface area contributed by atoms with Gasteiger partial charge in [-0.25, -0.2) is 4.79 Å². The first-order chi connectivity index (χ1) is 16.9. The van der Waals surface area contributed by atoms with Crippen LogP contribution in [0.15, 0.2) is 78.4 Å². The molecular formula is C27H23N3O5. The molecule has 0 aromatic heterocycles. The van der Waals surface area contributed by atoms with E-state index in [0.29, 0.717) is 28.3 Å². The molecule has 0 unspecified atom stereocenters. The molecular weight excluding hydrogens is 446 g/mol. The average Bonchev–Trinajstić information content (AvgIpc) is 2.87. The van der Waals surface area contributed by atoms with Crippen LogP contribution in [-0.2, 0) is 14.3 Å². The van der Waals surface area contributed by atoms with Gasteiger partial charge in [-0.15, -0.1) is 0 Å². The molecule has 0 saturated carbocycles. The van der Waals surface area contributed by atoms with Crippen molar-refractivity contribution in [2.24, 2.45) is 0 Å². The number of anilines is 2. The van der Waals surface area contributed by atoms with Gasteiger partial charge in [0.2, 0.25) is 0 Å². The SMILES string of the molecule is COC(=O)c1ccc(NC(=O)/C(C#N)=C\c2ccccc2OCC(=O)Nc2ccccc2C)cc1. The lowest BCUT2D eigenvalue weighted by Crippen LogP contribution is -2.20. The second-order valence-corrected chi connectivity index (χ2v) is 7.38. The molecule has 2 N–H and O–H groups in total. The van der Waals surface area contributed by atoms with E-state index in [9.17, 15) is 19.6 Å². The number of ether oxygens (including phenoxy) is 2. The van der Waals surface area contributed by atoms with Crippen molar-refractivity contribution in [3.8, 4) is 11.8 Å². The van der Waals surface area contributed by atoms with Crippen molar-refractivity contribution >= 4 is 35.2 Å². The third kappa shape index (κ3) is 6.79. The van der Waals surface area contributed by atoms with Crippen LogP contribution in [0.1, 0.15) is 21.5 Å². The molecule has 8 heteroatoms. The van der Waals surface area contributed by atoms with Crippen LogP contribution in [0.3, 0.4) is 0 Å². The fourth-order valence-corrected chi connectivity index (χ4v) is 3.08. The summed E-state index contributed by atoms with van der Waals surface area (Å²) in [5.41, 5.74) is 2.65. The Morgan fingerprint density at radius 3 is 2.31 bits per heavy atom. The largest absolute Gasteiger partial charge is 0.483 e. The number of benzene rings is 3. The molecule has 8 nitrogen and oxygen atoms in total. The number of carbonyl (C=O) groups excluding carboxylic acids is 3. The van der Waals surface area contributed by atoms with Crippen molar-refractivity contribution in [3.05, 3.63) is 95.1 Å². The van der Waals surface area contributed by atoms with Crippen LogP contribution < -0.4 is 15.4 Å². The average molecular weight is 469 g/mol. The van der Waals surface area contributed by atoms with E-state index in [4.69, 9.17) is 4.74 Å². The van der Waals surface area contributed by atoms with Crippen molar-refractivity contribution in [3.63, 3.8) is 0 Å². The highest BCUT2D eigenvalue weighted by molar-refractivity contribution is 6.10. The van der Waals surface area contributed by atoms with E-state index in [1.54, 1.807) is 30.3 Å². The Labute approximate surface area is 202 Å². The summed E-state index contributed by atoms with van der Waals surface area (Å²) in [4.78, 5) is 36.5. The molecule has 35 heavy (non-hydrogen) atoms. The van der Waals surface area contributed by atoms with Gasteiger partial charge in [0.25, 0.3) is 11.8 Å². The lowest BCUT2D eigenvalue weighted by Gasteiger charge is -2.11. The van der Waals surface area contributed by atoms with E-state index in [1.165, 1.54) is 37.5 Å². The minimum absolute atomic E-state index is 0.164. The Hall–Kier alpha value is -4.90. The standard InChI is InChI=1S/C27H23N3O5/c1-18-7-3-5-9-23(18)30-25(31)17-35-24-10-6-4-8-20(24)15-21(16-28)26(32)29-22-13-11-19(12-14-22)27(33)34-2/h3-15H,17H2,1-2H3,(H,29,32)(H,30,31)/b21-15-. The molecule has 0 spiro atoms. The number of nitrogens with zero attached hydrogens (tertiary/aromatic N) is 1. The van der Waals surface area contributed by atoms with E-state index >= 15 is 0 Å². The van der Waals surface area contributed by atoms with E-state index in [0.717, 1.165) is 5.56 Å². The van der Waals surface area contributed by atoms with Crippen LogP contribution in [0, 0.1) is 18.3 Å². The highest BCUT2D eigenvalue weighted by Crippen LogP contribution is 2.22. The summed E-state index contributed by atoms with van der Waals surface area (Å²) in [6.07, 6.45) is 1.38. The molecule has 0 heterocycles. The quantitative estimate of drug-likeness (QED) is 0.288. The molecule has 3 aromatic rings. The van der Waals surface area contributed by atoms with Gasteiger partial charge < -0.3 is 20.1 Å². The van der Waals surface area contributed by atoms with E-state index < -0.39 is 11.9 Å². The molecule has 0 aliphatic rings. The second kappa shape index (κ2) is 11.8. The van der Waals surface area contributed by atoms with Gasteiger partial charge in [0.1, 0.15) is 17.4 Å². The molecule has 3 aromatic carbocycles. The molecule has 2 amide bonds. The molecule has 176 valence electrons. The van der Waals surface area contributed by atoms with Gasteiger partial charge in [-0.05, 0) is 55.0 Å². The first kappa shape index (κ1) is 24.7. The van der Waals surface area contributed by atoms with Crippen LogP contribution in [0.4, 0.5) is 11.4 Å². The molecule has 0 aliphatic carbocycles. The summed E-state index contributed by atoms with van der Waals surface area (Å²) in [7, 11) is 1.28. The first-order valence-electron chi connectivity index (χ1n) is 10.6. The fourth-order valence-electron chi connectivity index (χ4n) is 3.08. The number of esters is 1. The van der Waals surface area contributed by atoms with Crippen molar-refractivity contribution in [1.29, 1.82) is 5.26 Å². The number of nitrogens with one attached hydrogen (secondary N) is 2. The first-order valence-corrected chi connectivity index (χ1v) is 10.6. The molecule has 0 atom stereocenters. The molecule has 0 fully saturated rings. The number of hydrogen-bond acceptors (Lipinski definition) is 6. The van der Waals surface area contributed by atoms with Crippen LogP contribution in [0.25, 0.3) is 6.08 Å². The van der Waals surface area contributed by atoms with Crippen LogP contribution in [0.5, 0.6) is 5.75 Å². The third-order valence-electron chi connectivity index (χ3n) is 4.93. The Kier molecular flexibility index (Phi) is 8.35. The van der Waals surface area contributed by atoms with Gasteiger partial charge in [0.15, 0.2) is 6.61 Å². The molecule has 0 bridgehead atoms. The van der Waals surface area contributed by atoms with Crippen molar-refractivity contribution in [2.75, 3.05) is 24.4 Å². The number of amides is 2. The summed E-state index contributed by atoms with van der Waals surface area (Å²) in [6, 6.07) is 22.1. The maximum absolute atomic E-state index is 12.6. The minimum Gasteiger partial charge on any atom is -0.483 e. The number of methoxy groups -OCH3 is 1. The Morgan fingerprint density at radius 2 is 1.63 bits per heavy atom. The maximum Gasteiger partial charge on any atom is 0.337 e. The zero-order valence-electron chi connectivity index (χ0n) is 19.2. The molecule has 0 saturated heterocycles. The number of rotatable bonds is 8. The Bertz CT molecular complexity index is 1310. The predicted octanol–water partition coefficient (Wildman–Crippen LogP) is 4.34. The Balaban J connectivity index is 1.69. The highest BCUT2D eigenvalue weighted by atomic mass is 16.5. The van der Waals surface area contributed by atoms with Gasteiger partial charge in [-0.2, -0.15) is 5.26 Å². The summed E-state index contributed by atoms with van der Waals surface area (Å²) in [6.45, 7) is 1.64. The maximum atomic E-state index is 12.6. The number of hydrogen-bond donors (Lipinski definition) is 2. The van der Waals surface area contributed by atoms with E-state index in [1.807, 2.05) is 31.2 Å². The van der Waals surface area contributed by atoms with Gasteiger partial charge in [0, 0.05) is 16.9 Å². The topological polar surface area (TPSA) is 118 Å². The van der Waals surface area contributed by atoms with E-state index in [2.05, 4.69) is 15.4 Å². The third-order valence-corrected chi connectivity index (χ3v) is 4.93. The second-order valence-electron chi connectivity index (χ2n) is 7.38. The molecule has 3 rings (SSSR count). The fraction of sp³-hybridized carbons (Fsp3) is 0.111. The van der Waals surface area contributed by atoms with Gasteiger partial charge in [-0.1, -0.05) is 36.4 Å². The van der Waals surface area contributed by atoms with Crippen LogP contribution >= 0.6 is 0 Å². The lowest BCUT2D eigenvalue weighted by molar-refractivity contribution is -0.118. The van der Waals surface area contributed by atoms with Crippen LogP contribution in [0.2, 0.25) is 0 Å². The van der Waals surface area contributed by atoms with E-state index in [-0.39, 0.29) is 18.1 Å². The zero-order valence-corrected chi connectivity index (χ0v) is 19.2. The number of carbonyl (C=O) groups is 3. The summed E-state index contributed by atoms with van der Waals surface area (Å²) in [5, 5.41) is 14.9. The van der Waals surface area contributed by atoms with Gasteiger partial charge in [-0.3, -0.25) is 9.59 Å². The number of para-hydroxylation sites is 2. The number of nitriles is 1. The summed E-state index contributed by atoms with van der Waals surface area (Å²) in [5.74, 6) is -1.13. The summed E-state index contributed by atoms with van der Waals surface area (Å²) >= 11 is 0. The molecule has 0 aliphatic heterocycles.